The fourth-order valence-electron chi connectivity index (χ4n) is 2.22. The normalized spacial score (nSPS) is 11.7. The highest BCUT2D eigenvalue weighted by atomic mass is 19.4. The minimum Gasteiger partial charge on any atom is -0.508 e. The van der Waals surface area contributed by atoms with Gasteiger partial charge in [0.25, 0.3) is 5.56 Å². The number of phenols is 1. The van der Waals surface area contributed by atoms with E-state index in [0.717, 1.165) is 4.40 Å². The zero-order valence-corrected chi connectivity index (χ0v) is 12.2. The topological polar surface area (TPSA) is 76.7 Å². The third-order valence-corrected chi connectivity index (χ3v) is 3.31. The van der Waals surface area contributed by atoms with Gasteiger partial charge >= 0.3 is 6.18 Å². The third-order valence-electron chi connectivity index (χ3n) is 3.31. The predicted octanol–water partition coefficient (Wildman–Crippen LogP) is 2.49. The van der Waals surface area contributed by atoms with Crippen LogP contribution in [0.3, 0.4) is 0 Å². The van der Waals surface area contributed by atoms with Crippen LogP contribution in [0.2, 0.25) is 0 Å². The molecule has 0 spiro atoms. The smallest absolute Gasteiger partial charge is 0.434 e. The van der Waals surface area contributed by atoms with Gasteiger partial charge in [-0.25, -0.2) is 4.98 Å². The lowest BCUT2D eigenvalue weighted by molar-refractivity contribution is -0.140. The molecule has 0 fully saturated rings. The van der Waals surface area contributed by atoms with E-state index in [0.29, 0.717) is 0 Å². The lowest BCUT2D eigenvalue weighted by atomic mass is 10.0. The molecule has 9 heteroatoms. The maximum atomic E-state index is 13.4. The van der Waals surface area contributed by atoms with Crippen molar-refractivity contribution in [2.75, 3.05) is 7.11 Å². The molecule has 1 N–H and O–H groups in total. The van der Waals surface area contributed by atoms with E-state index in [1.54, 1.807) is 0 Å². The van der Waals surface area contributed by atoms with Gasteiger partial charge in [0.15, 0.2) is 5.69 Å². The zero-order valence-electron chi connectivity index (χ0n) is 12.2. The molecular weight excluding hydrogens is 327 g/mol. The quantitative estimate of drug-likeness (QED) is 0.777. The van der Waals surface area contributed by atoms with Crippen LogP contribution in [0.1, 0.15) is 5.69 Å². The van der Waals surface area contributed by atoms with Gasteiger partial charge in [-0.05, 0) is 17.7 Å². The summed E-state index contributed by atoms with van der Waals surface area (Å²) in [6.45, 7) is 0. The molecule has 6 nitrogen and oxygen atoms in total. The second kappa shape index (κ2) is 5.52. The number of halogens is 3. The maximum absolute atomic E-state index is 13.4. The summed E-state index contributed by atoms with van der Waals surface area (Å²) in [5.74, 6) is -0.519. The van der Waals surface area contributed by atoms with Gasteiger partial charge < -0.3 is 9.84 Å². The Morgan fingerprint density at radius 3 is 2.38 bits per heavy atom. The highest BCUT2D eigenvalue weighted by molar-refractivity contribution is 5.67. The molecule has 0 aliphatic carbocycles. The Bertz CT molecular complexity index is 966. The standard InChI is InChI=1S/C15H10F3N3O3/c1-24-10-6-7-21-13(23)11(8-2-4-9(22)5-3-8)12(15(16,17)18)20-14(21)19-10/h2-7,22H,1H3. The Morgan fingerprint density at radius 2 is 1.79 bits per heavy atom. The second-order valence-corrected chi connectivity index (χ2v) is 4.83. The zero-order chi connectivity index (χ0) is 17.5. The molecule has 2 heterocycles. The van der Waals surface area contributed by atoms with Crippen molar-refractivity contribution in [3.8, 4) is 22.8 Å². The van der Waals surface area contributed by atoms with Crippen molar-refractivity contribution < 1.29 is 23.0 Å². The molecule has 0 aliphatic rings. The van der Waals surface area contributed by atoms with Gasteiger partial charge in [-0.2, -0.15) is 18.2 Å². The van der Waals surface area contributed by atoms with Gasteiger partial charge in [0.05, 0.1) is 12.7 Å². The summed E-state index contributed by atoms with van der Waals surface area (Å²) in [5, 5.41) is 9.29. The Balaban J connectivity index is 2.40. The number of benzene rings is 1. The highest BCUT2D eigenvalue weighted by Crippen LogP contribution is 2.34. The summed E-state index contributed by atoms with van der Waals surface area (Å²) in [7, 11) is 1.30. The van der Waals surface area contributed by atoms with E-state index in [4.69, 9.17) is 4.74 Å². The average Bonchev–Trinajstić information content (AvgIpc) is 2.54. The number of phenolic OH excluding ortho intramolecular Hbond substituents is 1. The minimum atomic E-state index is -4.86. The van der Waals surface area contributed by atoms with Gasteiger partial charge in [-0.1, -0.05) is 12.1 Å². The summed E-state index contributed by atoms with van der Waals surface area (Å²) in [6.07, 6.45) is -3.62. The molecule has 3 rings (SSSR count). The molecule has 0 saturated heterocycles. The first kappa shape index (κ1) is 15.8. The van der Waals surface area contributed by atoms with E-state index in [1.165, 1.54) is 43.6 Å². The van der Waals surface area contributed by atoms with Gasteiger partial charge in [0, 0.05) is 12.3 Å². The predicted molar refractivity (Wildman–Crippen MR) is 77.9 cm³/mol. The fraction of sp³-hybridized carbons (Fsp3) is 0.133. The summed E-state index contributed by atoms with van der Waals surface area (Å²) in [5.41, 5.74) is -2.90. The number of ether oxygens (including phenoxy) is 1. The first-order chi connectivity index (χ1) is 11.3. The first-order valence-electron chi connectivity index (χ1n) is 6.65. The van der Waals surface area contributed by atoms with Crippen molar-refractivity contribution in [2.24, 2.45) is 0 Å². The van der Waals surface area contributed by atoms with E-state index < -0.39 is 28.8 Å². The SMILES string of the molecule is COc1ccn2c(=O)c(-c3ccc(O)cc3)c(C(F)(F)F)nc2n1. The van der Waals surface area contributed by atoms with Crippen LogP contribution >= 0.6 is 0 Å². The van der Waals surface area contributed by atoms with Crippen LogP contribution < -0.4 is 10.3 Å². The number of methoxy groups -OCH3 is 1. The Hall–Kier alpha value is -3.10. The van der Waals surface area contributed by atoms with Crippen molar-refractivity contribution >= 4 is 5.78 Å². The van der Waals surface area contributed by atoms with Crippen LogP contribution in [0.15, 0.2) is 41.3 Å². The van der Waals surface area contributed by atoms with E-state index in [2.05, 4.69) is 9.97 Å². The third kappa shape index (κ3) is 2.64. The highest BCUT2D eigenvalue weighted by Gasteiger charge is 2.38. The van der Waals surface area contributed by atoms with Crippen molar-refractivity contribution in [3.63, 3.8) is 0 Å². The molecule has 124 valence electrons. The van der Waals surface area contributed by atoms with E-state index in [1.807, 2.05) is 0 Å². The molecule has 2 aromatic heterocycles. The van der Waals surface area contributed by atoms with Crippen LogP contribution in [-0.2, 0) is 6.18 Å². The van der Waals surface area contributed by atoms with Crippen LogP contribution in [0.25, 0.3) is 16.9 Å². The molecule has 24 heavy (non-hydrogen) atoms. The van der Waals surface area contributed by atoms with Crippen LogP contribution in [0, 0.1) is 0 Å². The monoisotopic (exact) mass is 337 g/mol. The van der Waals surface area contributed by atoms with E-state index in [-0.39, 0.29) is 17.2 Å². The second-order valence-electron chi connectivity index (χ2n) is 4.83. The molecule has 0 atom stereocenters. The number of hydrogen-bond donors (Lipinski definition) is 1. The molecule has 3 aromatic rings. The number of aromatic hydroxyl groups is 1. The molecule has 0 aliphatic heterocycles. The largest absolute Gasteiger partial charge is 0.508 e. The van der Waals surface area contributed by atoms with E-state index in [9.17, 15) is 23.1 Å². The lowest BCUT2D eigenvalue weighted by Gasteiger charge is -2.13. The first-order valence-corrected chi connectivity index (χ1v) is 6.65. The Labute approximate surface area is 132 Å². The molecule has 0 radical (unpaired) electrons. The number of hydrogen-bond acceptors (Lipinski definition) is 5. The van der Waals surface area contributed by atoms with Crippen LogP contribution in [0.5, 0.6) is 11.6 Å². The van der Waals surface area contributed by atoms with Gasteiger partial charge in [0.1, 0.15) is 5.75 Å². The van der Waals surface area contributed by atoms with Crippen molar-refractivity contribution in [1.82, 2.24) is 14.4 Å². The molecule has 0 bridgehead atoms. The minimum absolute atomic E-state index is 0.0113. The van der Waals surface area contributed by atoms with Gasteiger partial charge in [0.2, 0.25) is 11.7 Å². The van der Waals surface area contributed by atoms with Crippen molar-refractivity contribution in [1.29, 1.82) is 0 Å². The molecule has 0 amide bonds. The molecule has 0 saturated carbocycles. The maximum Gasteiger partial charge on any atom is 0.434 e. The number of fused-ring (bicyclic) bond motifs is 1. The Kier molecular flexibility index (Phi) is 3.63. The van der Waals surface area contributed by atoms with E-state index >= 15 is 0 Å². The lowest BCUT2D eigenvalue weighted by Crippen LogP contribution is -2.24. The number of aromatic nitrogens is 3. The average molecular weight is 337 g/mol. The molecule has 0 unspecified atom stereocenters. The summed E-state index contributed by atoms with van der Waals surface area (Å²) in [6, 6.07) is 6.15. The van der Waals surface area contributed by atoms with Crippen LogP contribution in [0.4, 0.5) is 13.2 Å². The van der Waals surface area contributed by atoms with Crippen molar-refractivity contribution in [3.05, 3.63) is 52.6 Å². The summed E-state index contributed by atoms with van der Waals surface area (Å²) in [4.78, 5) is 19.8. The molecule has 1 aromatic carbocycles. The van der Waals surface area contributed by atoms with Crippen molar-refractivity contribution in [2.45, 2.75) is 6.18 Å². The van der Waals surface area contributed by atoms with Gasteiger partial charge in [-0.3, -0.25) is 9.20 Å². The number of alkyl halides is 3. The summed E-state index contributed by atoms with van der Waals surface area (Å²) < 4.78 is 45.9. The van der Waals surface area contributed by atoms with Gasteiger partial charge in [-0.15, -0.1) is 0 Å². The number of nitrogens with zero attached hydrogens (tertiary/aromatic N) is 3. The Morgan fingerprint density at radius 1 is 1.12 bits per heavy atom. The summed E-state index contributed by atoms with van der Waals surface area (Å²) >= 11 is 0. The fourth-order valence-corrected chi connectivity index (χ4v) is 2.22. The van der Waals surface area contributed by atoms with Crippen LogP contribution in [-0.4, -0.2) is 26.6 Å². The number of rotatable bonds is 2. The molecular formula is C15H10F3N3O3.